The predicted molar refractivity (Wildman–Crippen MR) is 74.1 cm³/mol. The van der Waals surface area contributed by atoms with E-state index in [1.54, 1.807) is 14.2 Å². The summed E-state index contributed by atoms with van der Waals surface area (Å²) >= 11 is 0. The summed E-state index contributed by atoms with van der Waals surface area (Å²) in [4.78, 5) is 0. The summed E-state index contributed by atoms with van der Waals surface area (Å²) in [6.45, 7) is 1.72. The largest absolute Gasteiger partial charge is 0.383 e. The monoisotopic (exact) mass is 301 g/mol. The third-order valence-electron chi connectivity index (χ3n) is 3.15. The van der Waals surface area contributed by atoms with Crippen molar-refractivity contribution in [2.75, 3.05) is 40.4 Å². The molecule has 0 aromatic rings. The van der Waals surface area contributed by atoms with Crippen LogP contribution in [-0.4, -0.2) is 63.5 Å². The summed E-state index contributed by atoms with van der Waals surface area (Å²) in [6, 6.07) is -0.0567. The normalized spacial score (nSPS) is 21.9. The third-order valence-corrected chi connectivity index (χ3v) is 5.19. The van der Waals surface area contributed by atoms with Crippen molar-refractivity contribution >= 4 is 22.6 Å². The molecule has 18 heavy (non-hydrogen) atoms. The van der Waals surface area contributed by atoms with Gasteiger partial charge in [-0.05, 0) is 12.8 Å². The van der Waals surface area contributed by atoms with Crippen LogP contribution in [0, 0.1) is 0 Å². The van der Waals surface area contributed by atoms with E-state index in [2.05, 4.69) is 0 Å². The van der Waals surface area contributed by atoms with Gasteiger partial charge in [-0.3, -0.25) is 0 Å². The van der Waals surface area contributed by atoms with Gasteiger partial charge in [-0.1, -0.05) is 6.42 Å². The second kappa shape index (κ2) is 8.29. The number of hydrogen-bond acceptors (Lipinski definition) is 4. The first-order valence-corrected chi connectivity index (χ1v) is 7.35. The second-order valence-electron chi connectivity index (χ2n) is 4.32. The highest BCUT2D eigenvalue weighted by Gasteiger charge is 2.33. The van der Waals surface area contributed by atoms with Crippen LogP contribution in [0.5, 0.6) is 0 Å². The highest BCUT2D eigenvalue weighted by molar-refractivity contribution is 7.86. The number of piperidine rings is 1. The first kappa shape index (κ1) is 18.1. The summed E-state index contributed by atoms with van der Waals surface area (Å²) < 4.78 is 32.4. The van der Waals surface area contributed by atoms with E-state index in [-0.39, 0.29) is 18.4 Å². The summed E-state index contributed by atoms with van der Waals surface area (Å²) in [5, 5.41) is 0. The van der Waals surface area contributed by atoms with Crippen molar-refractivity contribution < 1.29 is 13.2 Å². The molecular weight excluding hydrogens is 278 g/mol. The fourth-order valence-electron chi connectivity index (χ4n) is 2.03. The lowest BCUT2D eigenvalue weighted by molar-refractivity contribution is 0.177. The summed E-state index contributed by atoms with van der Waals surface area (Å²) in [6.07, 6.45) is 2.82. The van der Waals surface area contributed by atoms with E-state index in [4.69, 9.17) is 10.5 Å². The number of halogens is 1. The molecule has 0 spiro atoms. The number of likely N-dealkylation sites (N-methyl/N-ethyl adjacent to an activating group) is 1. The Morgan fingerprint density at radius 3 is 2.67 bits per heavy atom. The van der Waals surface area contributed by atoms with Gasteiger partial charge < -0.3 is 10.5 Å². The molecule has 6 nitrogen and oxygen atoms in total. The molecule has 1 aliphatic rings. The van der Waals surface area contributed by atoms with Crippen LogP contribution in [0.4, 0.5) is 0 Å². The van der Waals surface area contributed by atoms with Gasteiger partial charge in [0.25, 0.3) is 10.2 Å². The molecule has 0 bridgehead atoms. The Morgan fingerprint density at radius 2 is 2.11 bits per heavy atom. The van der Waals surface area contributed by atoms with Crippen LogP contribution in [0.1, 0.15) is 19.3 Å². The molecule has 1 heterocycles. The van der Waals surface area contributed by atoms with E-state index in [1.807, 2.05) is 0 Å². The van der Waals surface area contributed by atoms with Crippen molar-refractivity contribution in [3.8, 4) is 0 Å². The van der Waals surface area contributed by atoms with Crippen LogP contribution in [0.15, 0.2) is 0 Å². The smallest absolute Gasteiger partial charge is 0.282 e. The Kier molecular flexibility index (Phi) is 8.33. The Balaban J connectivity index is 0.00000289. The van der Waals surface area contributed by atoms with E-state index in [1.165, 1.54) is 8.61 Å². The molecule has 0 radical (unpaired) electrons. The molecule has 0 aromatic carbocycles. The standard InChI is InChI=1S/C10H23N3O3S.ClH/c1-12(7-8-16-2)17(14,15)13-6-4-3-5-10(13)9-11;/h10H,3-9,11H2,1-2H3;1H. The molecular formula is C10H24ClN3O3S. The minimum Gasteiger partial charge on any atom is -0.383 e. The maximum absolute atomic E-state index is 12.3. The van der Waals surface area contributed by atoms with Crippen molar-refractivity contribution in [1.82, 2.24) is 8.61 Å². The number of methoxy groups -OCH3 is 1. The molecule has 1 rings (SSSR count). The van der Waals surface area contributed by atoms with Gasteiger partial charge in [0.1, 0.15) is 0 Å². The minimum atomic E-state index is -3.39. The lowest BCUT2D eigenvalue weighted by Gasteiger charge is -2.36. The number of ether oxygens (including phenoxy) is 1. The average molecular weight is 302 g/mol. The maximum Gasteiger partial charge on any atom is 0.282 e. The Labute approximate surface area is 116 Å². The molecule has 1 unspecified atom stereocenters. The van der Waals surface area contributed by atoms with Gasteiger partial charge in [-0.15, -0.1) is 12.4 Å². The lowest BCUT2D eigenvalue weighted by atomic mass is 10.1. The zero-order chi connectivity index (χ0) is 12.9. The Bertz CT molecular complexity index is 326. The van der Waals surface area contributed by atoms with Crippen molar-refractivity contribution in [3.05, 3.63) is 0 Å². The SMILES string of the molecule is COCCN(C)S(=O)(=O)N1CCCCC1CN.Cl. The predicted octanol–water partition coefficient (Wildman–Crippen LogP) is 0.0444. The molecule has 1 aliphatic heterocycles. The molecule has 0 aliphatic carbocycles. The Morgan fingerprint density at radius 1 is 1.44 bits per heavy atom. The van der Waals surface area contributed by atoms with Gasteiger partial charge in [-0.25, -0.2) is 0 Å². The van der Waals surface area contributed by atoms with Gasteiger partial charge in [-0.2, -0.15) is 17.0 Å². The van der Waals surface area contributed by atoms with Crippen molar-refractivity contribution in [2.45, 2.75) is 25.3 Å². The van der Waals surface area contributed by atoms with Gasteiger partial charge in [0.05, 0.1) is 6.61 Å². The number of hydrogen-bond donors (Lipinski definition) is 1. The summed E-state index contributed by atoms with van der Waals surface area (Å²) in [5.41, 5.74) is 5.64. The maximum atomic E-state index is 12.3. The third kappa shape index (κ3) is 4.32. The number of nitrogens with zero attached hydrogens (tertiary/aromatic N) is 2. The van der Waals surface area contributed by atoms with Crippen LogP contribution in [-0.2, 0) is 14.9 Å². The van der Waals surface area contributed by atoms with Gasteiger partial charge in [0, 0.05) is 39.8 Å². The van der Waals surface area contributed by atoms with Crippen LogP contribution >= 0.6 is 12.4 Å². The van der Waals surface area contributed by atoms with E-state index in [9.17, 15) is 8.42 Å². The van der Waals surface area contributed by atoms with Crippen LogP contribution < -0.4 is 5.73 Å². The highest BCUT2D eigenvalue weighted by Crippen LogP contribution is 2.21. The van der Waals surface area contributed by atoms with E-state index in [0.717, 1.165) is 19.3 Å². The quantitative estimate of drug-likeness (QED) is 0.752. The molecule has 1 atom stereocenters. The second-order valence-corrected chi connectivity index (χ2v) is 6.31. The fraction of sp³-hybridized carbons (Fsp3) is 1.00. The van der Waals surface area contributed by atoms with E-state index in [0.29, 0.717) is 26.2 Å². The zero-order valence-electron chi connectivity index (χ0n) is 11.0. The summed E-state index contributed by atoms with van der Waals surface area (Å²) in [5.74, 6) is 0. The number of nitrogens with two attached hydrogens (primary N) is 1. The molecule has 0 saturated carbocycles. The molecule has 2 N–H and O–H groups in total. The van der Waals surface area contributed by atoms with E-state index < -0.39 is 10.2 Å². The molecule has 8 heteroatoms. The molecule has 1 fully saturated rings. The number of rotatable bonds is 6. The van der Waals surface area contributed by atoms with Crippen LogP contribution in [0.25, 0.3) is 0 Å². The molecule has 110 valence electrons. The van der Waals surface area contributed by atoms with E-state index >= 15 is 0 Å². The fourth-order valence-corrected chi connectivity index (χ4v) is 3.62. The average Bonchev–Trinajstić information content (AvgIpc) is 2.35. The first-order chi connectivity index (χ1) is 8.04. The van der Waals surface area contributed by atoms with Gasteiger partial charge in [0.15, 0.2) is 0 Å². The van der Waals surface area contributed by atoms with Gasteiger partial charge in [0.2, 0.25) is 0 Å². The molecule has 0 amide bonds. The van der Waals surface area contributed by atoms with Gasteiger partial charge >= 0.3 is 0 Å². The Hall–Kier alpha value is 0.0800. The molecule has 1 saturated heterocycles. The summed E-state index contributed by atoms with van der Waals surface area (Å²) in [7, 11) is -0.249. The highest BCUT2D eigenvalue weighted by atomic mass is 35.5. The zero-order valence-corrected chi connectivity index (χ0v) is 12.7. The van der Waals surface area contributed by atoms with Crippen molar-refractivity contribution in [2.24, 2.45) is 5.73 Å². The first-order valence-electron chi connectivity index (χ1n) is 5.96. The lowest BCUT2D eigenvalue weighted by Crippen LogP contribution is -2.52. The minimum absolute atomic E-state index is 0. The molecule has 0 aromatic heterocycles. The van der Waals surface area contributed by atoms with Crippen LogP contribution in [0.2, 0.25) is 0 Å². The van der Waals surface area contributed by atoms with Crippen molar-refractivity contribution in [3.63, 3.8) is 0 Å². The topological polar surface area (TPSA) is 75.9 Å². The van der Waals surface area contributed by atoms with Crippen LogP contribution in [0.3, 0.4) is 0 Å². The van der Waals surface area contributed by atoms with Crippen molar-refractivity contribution in [1.29, 1.82) is 0 Å².